The number of rotatable bonds is 9. The molecular weight excluding hydrogens is 450 g/mol. The fourth-order valence-electron chi connectivity index (χ4n) is 3.45. The highest BCUT2D eigenvalue weighted by atomic mass is 32.2. The van der Waals surface area contributed by atoms with E-state index in [1.165, 1.54) is 16.0 Å². The SMILES string of the molecule is Cc1c(CSc2nc3ccccc3[nH]2)cccc1SCCOC(=O)N[C@H](C)c1ccccc1. The van der Waals surface area contributed by atoms with Gasteiger partial charge in [-0.3, -0.25) is 0 Å². The molecule has 0 aliphatic carbocycles. The maximum Gasteiger partial charge on any atom is 0.407 e. The summed E-state index contributed by atoms with van der Waals surface area (Å²) >= 11 is 3.41. The number of aromatic amines is 1. The molecule has 1 heterocycles. The van der Waals surface area contributed by atoms with E-state index in [2.05, 4.69) is 40.4 Å². The first-order chi connectivity index (χ1) is 16.1. The minimum Gasteiger partial charge on any atom is -0.449 e. The minimum absolute atomic E-state index is 0.0884. The molecule has 1 aromatic heterocycles. The maximum absolute atomic E-state index is 12.1. The van der Waals surface area contributed by atoms with Gasteiger partial charge in [0.1, 0.15) is 6.61 Å². The van der Waals surface area contributed by atoms with E-state index < -0.39 is 0 Å². The van der Waals surface area contributed by atoms with Crippen LogP contribution in [0.25, 0.3) is 11.0 Å². The van der Waals surface area contributed by atoms with Gasteiger partial charge >= 0.3 is 6.09 Å². The van der Waals surface area contributed by atoms with Crippen LogP contribution < -0.4 is 5.32 Å². The number of hydrogen-bond donors (Lipinski definition) is 2. The van der Waals surface area contributed by atoms with Crippen molar-refractivity contribution in [3.63, 3.8) is 0 Å². The van der Waals surface area contributed by atoms with E-state index in [9.17, 15) is 4.79 Å². The van der Waals surface area contributed by atoms with E-state index in [1.807, 2.05) is 61.5 Å². The maximum atomic E-state index is 12.1. The average Bonchev–Trinajstić information content (AvgIpc) is 3.25. The first-order valence-electron chi connectivity index (χ1n) is 10.9. The number of amides is 1. The molecule has 0 saturated carbocycles. The lowest BCUT2D eigenvalue weighted by Crippen LogP contribution is -2.28. The number of carbonyl (C=O) groups excluding carboxylic acids is 1. The Morgan fingerprint density at radius 2 is 1.82 bits per heavy atom. The van der Waals surface area contributed by atoms with Gasteiger partial charge in [0.05, 0.1) is 17.1 Å². The van der Waals surface area contributed by atoms with E-state index >= 15 is 0 Å². The van der Waals surface area contributed by atoms with Crippen molar-refractivity contribution in [3.05, 3.63) is 89.5 Å². The number of hydrogen-bond acceptors (Lipinski definition) is 5. The number of fused-ring (bicyclic) bond motifs is 1. The lowest BCUT2D eigenvalue weighted by atomic mass is 10.1. The van der Waals surface area contributed by atoms with Crippen molar-refractivity contribution >= 4 is 40.7 Å². The van der Waals surface area contributed by atoms with E-state index in [1.54, 1.807) is 23.5 Å². The summed E-state index contributed by atoms with van der Waals surface area (Å²) in [6.07, 6.45) is -0.389. The number of H-pyrrole nitrogens is 1. The Hall–Kier alpha value is -2.90. The molecule has 4 aromatic rings. The third-order valence-corrected chi connectivity index (χ3v) is 7.38. The Labute approximate surface area is 202 Å². The standard InChI is InChI=1S/C26H27N3O2S2/c1-18-21(17-33-25-28-22-12-6-7-13-23(22)29-25)11-8-14-24(18)32-16-15-31-26(30)27-19(2)20-9-4-3-5-10-20/h3-14,19H,15-17H2,1-2H3,(H,27,30)(H,28,29)/t19-/m1/s1. The van der Waals surface area contributed by atoms with Crippen LogP contribution in [0, 0.1) is 6.92 Å². The number of alkyl carbamates (subject to hydrolysis) is 1. The largest absolute Gasteiger partial charge is 0.449 e. The molecule has 0 aliphatic rings. The number of nitrogens with zero attached hydrogens (tertiary/aromatic N) is 1. The summed E-state index contributed by atoms with van der Waals surface area (Å²) in [4.78, 5) is 21.3. The van der Waals surface area contributed by atoms with Crippen molar-refractivity contribution in [1.82, 2.24) is 15.3 Å². The highest BCUT2D eigenvalue weighted by Gasteiger charge is 2.11. The molecule has 7 heteroatoms. The number of para-hydroxylation sites is 2. The smallest absolute Gasteiger partial charge is 0.407 e. The summed E-state index contributed by atoms with van der Waals surface area (Å²) in [7, 11) is 0. The quantitative estimate of drug-likeness (QED) is 0.206. The predicted molar refractivity (Wildman–Crippen MR) is 137 cm³/mol. The van der Waals surface area contributed by atoms with Gasteiger partial charge in [0, 0.05) is 16.4 Å². The molecule has 2 N–H and O–H groups in total. The number of aromatic nitrogens is 2. The first kappa shape index (κ1) is 23.3. The highest BCUT2D eigenvalue weighted by Crippen LogP contribution is 2.29. The fourth-order valence-corrected chi connectivity index (χ4v) is 5.30. The summed E-state index contributed by atoms with van der Waals surface area (Å²) in [5.74, 6) is 1.55. The number of carbonyl (C=O) groups is 1. The molecule has 0 saturated heterocycles. The van der Waals surface area contributed by atoms with Crippen LogP contribution in [0.15, 0.2) is 82.8 Å². The van der Waals surface area contributed by atoms with Crippen molar-refractivity contribution in [3.8, 4) is 0 Å². The molecule has 0 fully saturated rings. The molecule has 4 rings (SSSR count). The molecule has 3 aromatic carbocycles. The molecule has 0 bridgehead atoms. The zero-order chi connectivity index (χ0) is 23.0. The minimum atomic E-state index is -0.389. The molecule has 1 atom stereocenters. The van der Waals surface area contributed by atoms with Gasteiger partial charge in [0.2, 0.25) is 0 Å². The van der Waals surface area contributed by atoms with E-state index in [0.29, 0.717) is 12.4 Å². The van der Waals surface area contributed by atoms with Crippen LogP contribution >= 0.6 is 23.5 Å². The van der Waals surface area contributed by atoms with Crippen LogP contribution in [-0.4, -0.2) is 28.4 Å². The van der Waals surface area contributed by atoms with Gasteiger partial charge in [-0.15, -0.1) is 11.8 Å². The Bertz CT molecular complexity index is 1180. The number of ether oxygens (including phenoxy) is 1. The van der Waals surface area contributed by atoms with Crippen LogP contribution in [0.2, 0.25) is 0 Å². The average molecular weight is 478 g/mol. The van der Waals surface area contributed by atoms with Crippen molar-refractivity contribution in [2.24, 2.45) is 0 Å². The Morgan fingerprint density at radius 1 is 1.03 bits per heavy atom. The van der Waals surface area contributed by atoms with Crippen molar-refractivity contribution in [2.75, 3.05) is 12.4 Å². The van der Waals surface area contributed by atoms with E-state index in [-0.39, 0.29) is 12.1 Å². The molecule has 5 nitrogen and oxygen atoms in total. The van der Waals surface area contributed by atoms with Crippen molar-refractivity contribution in [1.29, 1.82) is 0 Å². The molecule has 1 amide bonds. The van der Waals surface area contributed by atoms with Gasteiger partial charge in [0.15, 0.2) is 5.16 Å². The Kier molecular flexibility index (Phi) is 7.96. The molecule has 170 valence electrons. The zero-order valence-corrected chi connectivity index (χ0v) is 20.3. The van der Waals surface area contributed by atoms with Crippen LogP contribution in [0.5, 0.6) is 0 Å². The number of benzene rings is 3. The zero-order valence-electron chi connectivity index (χ0n) is 18.7. The van der Waals surface area contributed by atoms with Gasteiger partial charge < -0.3 is 15.0 Å². The molecule has 0 spiro atoms. The van der Waals surface area contributed by atoms with Gasteiger partial charge in [-0.25, -0.2) is 9.78 Å². The second-order valence-electron chi connectivity index (χ2n) is 7.65. The third kappa shape index (κ3) is 6.33. The molecule has 33 heavy (non-hydrogen) atoms. The lowest BCUT2D eigenvalue weighted by molar-refractivity contribution is 0.150. The third-order valence-electron chi connectivity index (χ3n) is 5.34. The second-order valence-corrected chi connectivity index (χ2v) is 9.75. The number of imidazole rings is 1. The monoisotopic (exact) mass is 477 g/mol. The van der Waals surface area contributed by atoms with E-state index in [0.717, 1.165) is 27.5 Å². The molecule has 0 radical (unpaired) electrons. The van der Waals surface area contributed by atoms with Crippen LogP contribution in [0.1, 0.15) is 29.7 Å². The normalized spacial score (nSPS) is 11.9. The van der Waals surface area contributed by atoms with Crippen LogP contribution in [0.4, 0.5) is 4.79 Å². The Balaban J connectivity index is 1.24. The second kappa shape index (κ2) is 11.3. The number of thioether (sulfide) groups is 2. The molecular formula is C26H27N3O2S2. The first-order valence-corrected chi connectivity index (χ1v) is 12.8. The molecule has 0 aliphatic heterocycles. The summed E-state index contributed by atoms with van der Waals surface area (Å²) in [5, 5.41) is 3.80. The fraction of sp³-hybridized carbons (Fsp3) is 0.231. The van der Waals surface area contributed by atoms with Crippen LogP contribution in [-0.2, 0) is 10.5 Å². The predicted octanol–water partition coefficient (Wildman–Crippen LogP) is 6.74. The Morgan fingerprint density at radius 3 is 2.64 bits per heavy atom. The van der Waals surface area contributed by atoms with Crippen molar-refractivity contribution in [2.45, 2.75) is 35.7 Å². The number of nitrogens with one attached hydrogen (secondary N) is 2. The van der Waals surface area contributed by atoms with Crippen LogP contribution in [0.3, 0.4) is 0 Å². The van der Waals surface area contributed by atoms with Crippen molar-refractivity contribution < 1.29 is 9.53 Å². The summed E-state index contributed by atoms with van der Waals surface area (Å²) in [5.41, 5.74) is 5.64. The highest BCUT2D eigenvalue weighted by molar-refractivity contribution is 7.99. The summed E-state index contributed by atoms with van der Waals surface area (Å²) in [6, 6.07) is 24.2. The van der Waals surface area contributed by atoms with E-state index in [4.69, 9.17) is 4.74 Å². The van der Waals surface area contributed by atoms with Gasteiger partial charge in [-0.2, -0.15) is 0 Å². The van der Waals surface area contributed by atoms with Gasteiger partial charge in [0.25, 0.3) is 0 Å². The van der Waals surface area contributed by atoms with Gasteiger partial charge in [-0.1, -0.05) is 66.4 Å². The molecule has 0 unspecified atom stereocenters. The van der Waals surface area contributed by atoms with Gasteiger partial charge in [-0.05, 0) is 48.7 Å². The summed E-state index contributed by atoms with van der Waals surface area (Å²) in [6.45, 7) is 4.45. The topological polar surface area (TPSA) is 67.0 Å². The lowest BCUT2D eigenvalue weighted by Gasteiger charge is -2.14. The summed E-state index contributed by atoms with van der Waals surface area (Å²) < 4.78 is 5.37.